The van der Waals surface area contributed by atoms with E-state index in [1.807, 2.05) is 12.1 Å². The lowest BCUT2D eigenvalue weighted by atomic mass is 10.0. The summed E-state index contributed by atoms with van der Waals surface area (Å²) in [7, 11) is 0. The number of halogens is 1. The van der Waals surface area contributed by atoms with Gasteiger partial charge in [-0.05, 0) is 49.6 Å². The van der Waals surface area contributed by atoms with E-state index < -0.39 is 0 Å². The van der Waals surface area contributed by atoms with Crippen LogP contribution in [0.1, 0.15) is 24.0 Å². The third-order valence-electron chi connectivity index (χ3n) is 3.18. The third kappa shape index (κ3) is 2.97. The van der Waals surface area contributed by atoms with Gasteiger partial charge in [-0.1, -0.05) is 17.7 Å². The highest BCUT2D eigenvalue weighted by atomic mass is 35.5. The summed E-state index contributed by atoms with van der Waals surface area (Å²) in [6.07, 6.45) is 1.88. The maximum absolute atomic E-state index is 9.61. The van der Waals surface area contributed by atoms with Gasteiger partial charge in [-0.15, -0.1) is 0 Å². The Labute approximate surface area is 102 Å². The standard InChI is InChI=1S/C13H18ClNO/c1-10-7-12(14)5-4-11(10)8-15-6-2-3-13(16)9-15/h4-5,7,13,16H,2-3,6,8-9H2,1H3. The van der Waals surface area contributed by atoms with Crippen LogP contribution in [-0.2, 0) is 6.54 Å². The predicted molar refractivity (Wildman–Crippen MR) is 66.7 cm³/mol. The lowest BCUT2D eigenvalue weighted by Crippen LogP contribution is -2.37. The second-order valence-electron chi connectivity index (χ2n) is 4.60. The van der Waals surface area contributed by atoms with Crippen LogP contribution in [0.3, 0.4) is 0 Å². The molecular weight excluding hydrogens is 222 g/mol. The fourth-order valence-electron chi connectivity index (χ4n) is 2.25. The number of β-amino-alcohol motifs (C(OH)–C–C–N with tert-alkyl or cyclic N) is 1. The summed E-state index contributed by atoms with van der Waals surface area (Å²) in [4.78, 5) is 2.31. The number of aliphatic hydroxyl groups excluding tert-OH is 1. The zero-order valence-corrected chi connectivity index (χ0v) is 10.4. The molecule has 1 aromatic carbocycles. The van der Waals surface area contributed by atoms with Crippen LogP contribution >= 0.6 is 11.6 Å². The summed E-state index contributed by atoms with van der Waals surface area (Å²) < 4.78 is 0. The highest BCUT2D eigenvalue weighted by Crippen LogP contribution is 2.19. The van der Waals surface area contributed by atoms with Gasteiger partial charge in [-0.25, -0.2) is 0 Å². The Hall–Kier alpha value is -0.570. The van der Waals surface area contributed by atoms with Crippen molar-refractivity contribution < 1.29 is 5.11 Å². The summed E-state index contributed by atoms with van der Waals surface area (Å²) in [5.74, 6) is 0. The first kappa shape index (κ1) is 11.9. The van der Waals surface area contributed by atoms with Crippen molar-refractivity contribution in [2.75, 3.05) is 13.1 Å². The highest BCUT2D eigenvalue weighted by Gasteiger charge is 2.17. The van der Waals surface area contributed by atoms with Gasteiger partial charge in [0.1, 0.15) is 0 Å². The monoisotopic (exact) mass is 239 g/mol. The molecule has 1 aliphatic heterocycles. The SMILES string of the molecule is Cc1cc(Cl)ccc1CN1CCCC(O)C1. The van der Waals surface area contributed by atoms with E-state index in [-0.39, 0.29) is 6.10 Å². The molecule has 2 nitrogen and oxygen atoms in total. The number of likely N-dealkylation sites (tertiary alicyclic amines) is 1. The normalized spacial score (nSPS) is 22.3. The molecule has 1 N–H and O–H groups in total. The molecule has 1 aromatic rings. The zero-order chi connectivity index (χ0) is 11.5. The molecule has 16 heavy (non-hydrogen) atoms. The molecule has 0 aromatic heterocycles. The summed E-state index contributed by atoms with van der Waals surface area (Å²) in [6, 6.07) is 6.01. The largest absolute Gasteiger partial charge is 0.392 e. The minimum Gasteiger partial charge on any atom is -0.392 e. The minimum atomic E-state index is -0.152. The number of rotatable bonds is 2. The van der Waals surface area contributed by atoms with Crippen molar-refractivity contribution in [1.29, 1.82) is 0 Å². The molecule has 3 heteroatoms. The second kappa shape index (κ2) is 5.17. The number of nitrogens with zero attached hydrogens (tertiary/aromatic N) is 1. The molecule has 0 amide bonds. The first-order chi connectivity index (χ1) is 7.65. The Balaban J connectivity index is 2.02. The Bertz CT molecular complexity index is 367. The van der Waals surface area contributed by atoms with Gasteiger partial charge in [0.15, 0.2) is 0 Å². The van der Waals surface area contributed by atoms with Gasteiger partial charge in [0.05, 0.1) is 6.10 Å². The Kier molecular flexibility index (Phi) is 3.85. The van der Waals surface area contributed by atoms with Crippen LogP contribution < -0.4 is 0 Å². The van der Waals surface area contributed by atoms with E-state index in [9.17, 15) is 5.11 Å². The average molecular weight is 240 g/mol. The summed E-state index contributed by atoms with van der Waals surface area (Å²) in [5.41, 5.74) is 2.53. The van der Waals surface area contributed by atoms with Crippen molar-refractivity contribution >= 4 is 11.6 Å². The van der Waals surface area contributed by atoms with Crippen molar-refractivity contribution in [1.82, 2.24) is 4.90 Å². The first-order valence-electron chi connectivity index (χ1n) is 5.80. The van der Waals surface area contributed by atoms with Crippen molar-refractivity contribution in [3.63, 3.8) is 0 Å². The average Bonchev–Trinajstić information content (AvgIpc) is 2.22. The zero-order valence-electron chi connectivity index (χ0n) is 9.62. The van der Waals surface area contributed by atoms with Gasteiger partial charge < -0.3 is 5.11 Å². The number of hydrogen-bond donors (Lipinski definition) is 1. The number of hydrogen-bond acceptors (Lipinski definition) is 2. The smallest absolute Gasteiger partial charge is 0.0667 e. The Morgan fingerprint density at radius 3 is 3.00 bits per heavy atom. The van der Waals surface area contributed by atoms with Crippen molar-refractivity contribution in [3.8, 4) is 0 Å². The molecule has 2 rings (SSSR count). The topological polar surface area (TPSA) is 23.5 Å². The molecule has 1 aliphatic rings. The van der Waals surface area contributed by atoms with Crippen LogP contribution in [0, 0.1) is 6.92 Å². The molecule has 0 spiro atoms. The molecule has 0 aliphatic carbocycles. The third-order valence-corrected chi connectivity index (χ3v) is 3.41. The fraction of sp³-hybridized carbons (Fsp3) is 0.538. The summed E-state index contributed by atoms with van der Waals surface area (Å²) >= 11 is 5.93. The molecule has 1 heterocycles. The van der Waals surface area contributed by atoms with Crippen molar-refractivity contribution in [3.05, 3.63) is 34.3 Å². The summed E-state index contributed by atoms with van der Waals surface area (Å²) in [5, 5.41) is 10.4. The maximum Gasteiger partial charge on any atom is 0.0667 e. The molecule has 0 bridgehead atoms. The molecule has 0 radical (unpaired) electrons. The highest BCUT2D eigenvalue weighted by molar-refractivity contribution is 6.30. The van der Waals surface area contributed by atoms with Crippen LogP contribution in [0.5, 0.6) is 0 Å². The Morgan fingerprint density at radius 1 is 1.50 bits per heavy atom. The van der Waals surface area contributed by atoms with Crippen molar-refractivity contribution in [2.24, 2.45) is 0 Å². The lowest BCUT2D eigenvalue weighted by molar-refractivity contribution is 0.0667. The molecule has 1 atom stereocenters. The maximum atomic E-state index is 9.61. The quantitative estimate of drug-likeness (QED) is 0.858. The van der Waals surface area contributed by atoms with E-state index in [1.54, 1.807) is 0 Å². The van der Waals surface area contributed by atoms with E-state index in [0.717, 1.165) is 37.5 Å². The number of benzene rings is 1. The van der Waals surface area contributed by atoms with E-state index in [0.29, 0.717) is 0 Å². The van der Waals surface area contributed by atoms with Crippen LogP contribution in [0.25, 0.3) is 0 Å². The fourth-order valence-corrected chi connectivity index (χ4v) is 2.48. The molecular formula is C13H18ClNO. The van der Waals surface area contributed by atoms with Gasteiger partial charge in [-0.3, -0.25) is 4.90 Å². The molecule has 0 saturated carbocycles. The number of piperidine rings is 1. The van der Waals surface area contributed by atoms with E-state index >= 15 is 0 Å². The van der Waals surface area contributed by atoms with Gasteiger partial charge in [0.25, 0.3) is 0 Å². The second-order valence-corrected chi connectivity index (χ2v) is 5.04. The van der Waals surface area contributed by atoms with Gasteiger partial charge >= 0.3 is 0 Å². The van der Waals surface area contributed by atoms with Crippen LogP contribution in [0.4, 0.5) is 0 Å². The lowest BCUT2D eigenvalue weighted by Gasteiger charge is -2.30. The molecule has 1 fully saturated rings. The predicted octanol–water partition coefficient (Wildman–Crippen LogP) is 2.61. The van der Waals surface area contributed by atoms with E-state index in [1.165, 1.54) is 11.1 Å². The van der Waals surface area contributed by atoms with Crippen LogP contribution in [0.15, 0.2) is 18.2 Å². The summed E-state index contributed by atoms with van der Waals surface area (Å²) in [6.45, 7) is 4.88. The van der Waals surface area contributed by atoms with E-state index in [2.05, 4.69) is 17.9 Å². The van der Waals surface area contributed by atoms with Gasteiger partial charge in [0, 0.05) is 18.1 Å². The van der Waals surface area contributed by atoms with Crippen LogP contribution in [0.2, 0.25) is 5.02 Å². The molecule has 1 saturated heterocycles. The van der Waals surface area contributed by atoms with Gasteiger partial charge in [0.2, 0.25) is 0 Å². The van der Waals surface area contributed by atoms with Crippen LogP contribution in [-0.4, -0.2) is 29.2 Å². The van der Waals surface area contributed by atoms with Crippen molar-refractivity contribution in [2.45, 2.75) is 32.4 Å². The number of aliphatic hydroxyl groups is 1. The van der Waals surface area contributed by atoms with Gasteiger partial charge in [-0.2, -0.15) is 0 Å². The number of aryl methyl sites for hydroxylation is 1. The first-order valence-corrected chi connectivity index (χ1v) is 6.18. The molecule has 88 valence electrons. The Morgan fingerprint density at radius 2 is 2.31 bits per heavy atom. The minimum absolute atomic E-state index is 0.152. The molecule has 1 unspecified atom stereocenters. The van der Waals surface area contributed by atoms with E-state index in [4.69, 9.17) is 11.6 Å².